The Morgan fingerprint density at radius 3 is 2.61 bits per heavy atom. The van der Waals surface area contributed by atoms with Crippen molar-refractivity contribution in [2.75, 3.05) is 13.1 Å². The maximum atomic E-state index is 12.2. The van der Waals surface area contributed by atoms with Crippen LogP contribution in [0.4, 0.5) is 0 Å². The first kappa shape index (κ1) is 15.4. The fourth-order valence-corrected chi connectivity index (χ4v) is 2.64. The third kappa shape index (κ3) is 4.25. The van der Waals surface area contributed by atoms with Crippen LogP contribution in [0.2, 0.25) is 0 Å². The lowest BCUT2D eigenvalue weighted by Crippen LogP contribution is -2.57. The van der Waals surface area contributed by atoms with Crippen LogP contribution in [0.5, 0.6) is 0 Å². The van der Waals surface area contributed by atoms with Crippen molar-refractivity contribution in [3.8, 4) is 0 Å². The Labute approximate surface area is 111 Å². The molecule has 0 radical (unpaired) electrons. The van der Waals surface area contributed by atoms with Crippen LogP contribution in [0, 0.1) is 5.92 Å². The summed E-state index contributed by atoms with van der Waals surface area (Å²) in [5.41, 5.74) is 5.67. The van der Waals surface area contributed by atoms with Gasteiger partial charge >= 0.3 is 0 Å². The van der Waals surface area contributed by atoms with Gasteiger partial charge in [0.05, 0.1) is 6.04 Å². The van der Waals surface area contributed by atoms with Gasteiger partial charge in [0.2, 0.25) is 5.91 Å². The van der Waals surface area contributed by atoms with Gasteiger partial charge in [0, 0.05) is 18.1 Å². The van der Waals surface area contributed by atoms with Crippen molar-refractivity contribution in [2.24, 2.45) is 11.7 Å². The van der Waals surface area contributed by atoms with Crippen LogP contribution >= 0.6 is 0 Å². The van der Waals surface area contributed by atoms with E-state index < -0.39 is 0 Å². The lowest BCUT2D eigenvalue weighted by atomic mass is 9.91. The van der Waals surface area contributed by atoms with Crippen LogP contribution in [-0.2, 0) is 4.79 Å². The topological polar surface area (TPSA) is 58.4 Å². The number of rotatable bonds is 3. The molecule has 1 heterocycles. The van der Waals surface area contributed by atoms with E-state index in [1.165, 1.54) is 0 Å². The summed E-state index contributed by atoms with van der Waals surface area (Å²) in [6, 6.07) is 0.250. The largest absolute Gasteiger partial charge is 0.350 e. The van der Waals surface area contributed by atoms with Gasteiger partial charge in [-0.2, -0.15) is 0 Å². The maximum Gasteiger partial charge on any atom is 0.237 e. The van der Waals surface area contributed by atoms with Crippen molar-refractivity contribution in [3.05, 3.63) is 0 Å². The number of hydrogen-bond acceptors (Lipinski definition) is 3. The highest BCUT2D eigenvalue weighted by atomic mass is 16.2. The molecule has 1 saturated heterocycles. The molecule has 1 aliphatic rings. The lowest BCUT2D eigenvalue weighted by Gasteiger charge is -2.41. The van der Waals surface area contributed by atoms with Gasteiger partial charge in [0.15, 0.2) is 0 Å². The second kappa shape index (κ2) is 6.02. The predicted molar refractivity (Wildman–Crippen MR) is 75.3 cm³/mol. The number of hydrogen-bond donors (Lipinski definition) is 2. The van der Waals surface area contributed by atoms with Crippen molar-refractivity contribution in [2.45, 2.75) is 65.1 Å². The molecule has 1 amide bonds. The average molecular weight is 255 g/mol. The number of carbonyl (C=O) groups is 1. The number of nitrogens with two attached hydrogens (primary N) is 1. The van der Waals surface area contributed by atoms with Gasteiger partial charge in [-0.05, 0) is 53.0 Å². The second-order valence-corrected chi connectivity index (χ2v) is 6.67. The molecule has 1 rings (SSSR count). The number of piperidine rings is 1. The van der Waals surface area contributed by atoms with Crippen molar-refractivity contribution in [3.63, 3.8) is 0 Å². The van der Waals surface area contributed by atoms with E-state index in [1.807, 2.05) is 27.7 Å². The van der Waals surface area contributed by atoms with E-state index in [9.17, 15) is 4.79 Å². The Morgan fingerprint density at radius 1 is 1.50 bits per heavy atom. The highest BCUT2D eigenvalue weighted by Crippen LogP contribution is 2.24. The normalized spacial score (nSPS) is 27.9. The maximum absolute atomic E-state index is 12.2. The molecule has 1 aliphatic heterocycles. The van der Waals surface area contributed by atoms with E-state index >= 15 is 0 Å². The molecule has 4 nitrogen and oxygen atoms in total. The van der Waals surface area contributed by atoms with Crippen molar-refractivity contribution in [1.29, 1.82) is 0 Å². The van der Waals surface area contributed by atoms with E-state index in [2.05, 4.69) is 17.1 Å². The van der Waals surface area contributed by atoms with Gasteiger partial charge < -0.3 is 11.1 Å². The highest BCUT2D eigenvalue weighted by molar-refractivity contribution is 5.82. The first-order chi connectivity index (χ1) is 8.24. The fraction of sp³-hybridized carbons (Fsp3) is 0.929. The molecule has 0 spiro atoms. The second-order valence-electron chi connectivity index (χ2n) is 6.67. The molecule has 0 bridgehead atoms. The molecule has 106 valence electrons. The minimum atomic E-state index is -0.174. The number of likely N-dealkylation sites (tertiary alicyclic amines) is 1. The van der Waals surface area contributed by atoms with Gasteiger partial charge in [-0.3, -0.25) is 9.69 Å². The molecular weight excluding hydrogens is 226 g/mol. The monoisotopic (exact) mass is 255 g/mol. The van der Waals surface area contributed by atoms with Gasteiger partial charge in [-0.25, -0.2) is 0 Å². The third-order valence-corrected chi connectivity index (χ3v) is 3.67. The van der Waals surface area contributed by atoms with E-state index in [-0.39, 0.29) is 17.5 Å². The summed E-state index contributed by atoms with van der Waals surface area (Å²) in [6.45, 7) is 11.9. The SMILES string of the molecule is CC1CCN(C(C)C(=O)NC(C)(C)C)C(CN)C1. The molecule has 4 heteroatoms. The van der Waals surface area contributed by atoms with E-state index in [1.54, 1.807) is 0 Å². The Hall–Kier alpha value is -0.610. The zero-order valence-corrected chi connectivity index (χ0v) is 12.5. The average Bonchev–Trinajstić information content (AvgIpc) is 2.25. The van der Waals surface area contributed by atoms with Crippen LogP contribution in [0.25, 0.3) is 0 Å². The Balaban J connectivity index is 2.64. The van der Waals surface area contributed by atoms with E-state index in [4.69, 9.17) is 5.73 Å². The Morgan fingerprint density at radius 2 is 2.11 bits per heavy atom. The fourth-order valence-electron chi connectivity index (χ4n) is 2.64. The summed E-state index contributed by atoms with van der Waals surface area (Å²) in [5.74, 6) is 0.822. The van der Waals surface area contributed by atoms with Crippen LogP contribution in [0.1, 0.15) is 47.5 Å². The molecule has 3 atom stereocenters. The first-order valence-electron chi connectivity index (χ1n) is 7.02. The third-order valence-electron chi connectivity index (χ3n) is 3.67. The van der Waals surface area contributed by atoms with Gasteiger partial charge in [-0.15, -0.1) is 0 Å². The predicted octanol–water partition coefficient (Wildman–Crippen LogP) is 1.35. The van der Waals surface area contributed by atoms with Crippen molar-refractivity contribution < 1.29 is 4.79 Å². The summed E-state index contributed by atoms with van der Waals surface area (Å²) in [5, 5.41) is 3.05. The molecular formula is C14H29N3O. The van der Waals surface area contributed by atoms with Gasteiger partial charge in [0.1, 0.15) is 0 Å². The van der Waals surface area contributed by atoms with Gasteiger partial charge in [-0.1, -0.05) is 6.92 Å². The lowest BCUT2D eigenvalue weighted by molar-refractivity contribution is -0.129. The minimum absolute atomic E-state index is 0.0923. The van der Waals surface area contributed by atoms with E-state index in [0.717, 1.165) is 19.4 Å². The standard InChI is InChI=1S/C14H29N3O/c1-10-6-7-17(12(8-10)9-15)11(2)13(18)16-14(3,4)5/h10-12H,6-9,15H2,1-5H3,(H,16,18). The summed E-state index contributed by atoms with van der Waals surface area (Å²) < 4.78 is 0. The van der Waals surface area contributed by atoms with Crippen molar-refractivity contribution in [1.82, 2.24) is 10.2 Å². The molecule has 0 aromatic heterocycles. The molecule has 0 saturated carbocycles. The Kier molecular flexibility index (Phi) is 5.17. The molecule has 0 aliphatic carbocycles. The molecule has 18 heavy (non-hydrogen) atoms. The van der Waals surface area contributed by atoms with E-state index in [0.29, 0.717) is 18.5 Å². The number of amides is 1. The first-order valence-corrected chi connectivity index (χ1v) is 7.02. The molecule has 0 aromatic rings. The van der Waals surface area contributed by atoms with Gasteiger partial charge in [0.25, 0.3) is 0 Å². The summed E-state index contributed by atoms with van der Waals surface area (Å²) in [4.78, 5) is 14.5. The van der Waals surface area contributed by atoms with Crippen LogP contribution < -0.4 is 11.1 Å². The minimum Gasteiger partial charge on any atom is -0.350 e. The molecule has 3 N–H and O–H groups in total. The summed E-state index contributed by atoms with van der Waals surface area (Å²) >= 11 is 0. The Bertz CT molecular complexity index is 285. The quantitative estimate of drug-likeness (QED) is 0.800. The number of nitrogens with one attached hydrogen (secondary N) is 1. The number of carbonyl (C=O) groups excluding carboxylic acids is 1. The van der Waals surface area contributed by atoms with Crippen LogP contribution in [-0.4, -0.2) is 41.5 Å². The summed E-state index contributed by atoms with van der Waals surface area (Å²) in [6.07, 6.45) is 2.26. The molecule has 0 aromatic carbocycles. The molecule has 1 fully saturated rings. The number of nitrogens with zero attached hydrogens (tertiary/aromatic N) is 1. The van der Waals surface area contributed by atoms with Crippen LogP contribution in [0.15, 0.2) is 0 Å². The smallest absolute Gasteiger partial charge is 0.237 e. The van der Waals surface area contributed by atoms with Crippen LogP contribution in [0.3, 0.4) is 0 Å². The van der Waals surface area contributed by atoms with Crippen molar-refractivity contribution >= 4 is 5.91 Å². The zero-order valence-electron chi connectivity index (χ0n) is 12.5. The zero-order chi connectivity index (χ0) is 13.9. The summed E-state index contributed by atoms with van der Waals surface area (Å²) in [7, 11) is 0. The molecule has 3 unspecified atom stereocenters. The highest BCUT2D eigenvalue weighted by Gasteiger charge is 2.32.